The zero-order chi connectivity index (χ0) is 17.5. The summed E-state index contributed by atoms with van der Waals surface area (Å²) in [6, 6.07) is 15.7. The van der Waals surface area contributed by atoms with Crippen molar-refractivity contribution in [2.75, 3.05) is 5.32 Å². The second kappa shape index (κ2) is 5.66. The molecule has 0 unspecified atom stereocenters. The van der Waals surface area contributed by atoms with E-state index in [1.54, 1.807) is 6.20 Å². The minimum Gasteiger partial charge on any atom is -0.338 e. The van der Waals surface area contributed by atoms with Gasteiger partial charge in [-0.05, 0) is 42.5 Å². The lowest BCUT2D eigenvalue weighted by Crippen LogP contribution is -2.04. The molecule has 7 nitrogen and oxygen atoms in total. The number of rotatable bonds is 3. The second-order valence-corrected chi connectivity index (χ2v) is 6.02. The zero-order valence-electron chi connectivity index (χ0n) is 14.0. The van der Waals surface area contributed by atoms with E-state index in [1.165, 1.54) is 0 Å². The van der Waals surface area contributed by atoms with Crippen LogP contribution in [0.3, 0.4) is 0 Å². The van der Waals surface area contributed by atoms with Crippen molar-refractivity contribution in [3.05, 3.63) is 67.3 Å². The highest BCUT2D eigenvalue weighted by Gasteiger charge is 2.11. The van der Waals surface area contributed by atoms with Gasteiger partial charge in [-0.3, -0.25) is 4.98 Å². The van der Waals surface area contributed by atoms with Crippen LogP contribution in [0, 0.1) is 0 Å². The maximum absolute atomic E-state index is 4.70. The number of nitrogens with one attached hydrogen (secondary N) is 1. The Bertz CT molecular complexity index is 1220. The van der Waals surface area contributed by atoms with Crippen LogP contribution in [0.4, 0.5) is 11.5 Å². The van der Waals surface area contributed by atoms with Gasteiger partial charge < -0.3 is 9.88 Å². The maximum Gasteiger partial charge on any atom is 0.200 e. The topological polar surface area (TPSA) is 72.9 Å². The van der Waals surface area contributed by atoms with Crippen LogP contribution in [-0.2, 0) is 7.05 Å². The molecule has 0 amide bonds. The Kier molecular flexibility index (Phi) is 3.18. The van der Waals surface area contributed by atoms with Crippen LogP contribution in [0.15, 0.2) is 67.3 Å². The number of aryl methyl sites for hydroxylation is 1. The van der Waals surface area contributed by atoms with Gasteiger partial charge in [0.2, 0.25) is 5.82 Å². The van der Waals surface area contributed by atoms with Gasteiger partial charge in [-0.1, -0.05) is 6.07 Å². The number of aromatic nitrogens is 6. The Morgan fingerprint density at radius 1 is 0.962 bits per heavy atom. The minimum atomic E-state index is 0.568. The van der Waals surface area contributed by atoms with Crippen LogP contribution < -0.4 is 5.32 Å². The van der Waals surface area contributed by atoms with Crippen LogP contribution in [0.25, 0.3) is 28.1 Å². The first-order chi connectivity index (χ1) is 12.8. The highest BCUT2D eigenvalue weighted by molar-refractivity contribution is 5.82. The molecule has 0 atom stereocenters. The van der Waals surface area contributed by atoms with Gasteiger partial charge in [-0.25, -0.2) is 14.5 Å². The minimum absolute atomic E-state index is 0.568. The second-order valence-electron chi connectivity index (χ2n) is 6.02. The van der Waals surface area contributed by atoms with Crippen LogP contribution in [0.5, 0.6) is 0 Å². The van der Waals surface area contributed by atoms with Gasteiger partial charge in [0.25, 0.3) is 0 Å². The van der Waals surface area contributed by atoms with Gasteiger partial charge in [0.15, 0.2) is 5.82 Å². The van der Waals surface area contributed by atoms with E-state index in [-0.39, 0.29) is 0 Å². The van der Waals surface area contributed by atoms with E-state index in [2.05, 4.69) is 26.4 Å². The van der Waals surface area contributed by atoms with Crippen molar-refractivity contribution in [1.82, 2.24) is 29.1 Å². The lowest BCUT2D eigenvalue weighted by Gasteiger charge is -2.10. The first-order valence-corrected chi connectivity index (χ1v) is 8.23. The molecule has 0 saturated heterocycles. The van der Waals surface area contributed by atoms with Gasteiger partial charge >= 0.3 is 0 Å². The molecule has 5 rings (SSSR count). The molecule has 7 heteroatoms. The quantitative estimate of drug-likeness (QED) is 0.544. The average molecular weight is 341 g/mol. The number of benzene rings is 1. The number of hydrogen-bond acceptors (Lipinski definition) is 5. The number of imidazole rings is 1. The van der Waals surface area contributed by atoms with Crippen molar-refractivity contribution in [3.8, 4) is 11.5 Å². The Hall–Kier alpha value is -3.74. The molecule has 0 spiro atoms. The zero-order valence-corrected chi connectivity index (χ0v) is 14.0. The maximum atomic E-state index is 4.70. The summed E-state index contributed by atoms with van der Waals surface area (Å²) in [6.07, 6.45) is 5.45. The standard InChI is InChI=1S/C19H15N7/c1-25-12-21-14-8-7-13(11-17(14)25)22-19-16-6-4-10-26(16)24-18(23-19)15-5-2-3-9-20-15/h2-12H,1H3,(H,22,23,24). The van der Waals surface area contributed by atoms with Gasteiger partial charge in [0.1, 0.15) is 11.2 Å². The lowest BCUT2D eigenvalue weighted by atomic mass is 10.2. The van der Waals surface area contributed by atoms with Gasteiger partial charge in [0, 0.05) is 25.1 Å². The molecule has 26 heavy (non-hydrogen) atoms. The third-order valence-electron chi connectivity index (χ3n) is 4.27. The monoisotopic (exact) mass is 341 g/mol. The van der Waals surface area contributed by atoms with Crippen LogP contribution in [0.1, 0.15) is 0 Å². The SMILES string of the molecule is Cn1cnc2ccc(Nc3nc(-c4ccccn4)nn4cccc34)cc21. The fraction of sp³-hybridized carbons (Fsp3) is 0.0526. The predicted molar refractivity (Wildman–Crippen MR) is 100 cm³/mol. The van der Waals surface area contributed by atoms with Gasteiger partial charge in [-0.15, -0.1) is 5.10 Å². The number of pyridine rings is 1. The normalized spacial score (nSPS) is 11.3. The smallest absolute Gasteiger partial charge is 0.200 e. The van der Waals surface area contributed by atoms with E-state index in [9.17, 15) is 0 Å². The third-order valence-corrected chi connectivity index (χ3v) is 4.27. The summed E-state index contributed by atoms with van der Waals surface area (Å²) in [5.41, 5.74) is 4.58. The summed E-state index contributed by atoms with van der Waals surface area (Å²) in [6.45, 7) is 0. The predicted octanol–water partition coefficient (Wildman–Crippen LogP) is 3.42. The largest absolute Gasteiger partial charge is 0.338 e. The van der Waals surface area contributed by atoms with E-state index in [4.69, 9.17) is 4.98 Å². The molecule has 4 heterocycles. The molecule has 126 valence electrons. The fourth-order valence-electron chi connectivity index (χ4n) is 2.97. The summed E-state index contributed by atoms with van der Waals surface area (Å²) in [5.74, 6) is 1.30. The van der Waals surface area contributed by atoms with E-state index in [1.807, 2.05) is 71.1 Å². The Morgan fingerprint density at radius 3 is 2.81 bits per heavy atom. The molecule has 4 aromatic heterocycles. The van der Waals surface area contributed by atoms with Gasteiger partial charge in [-0.2, -0.15) is 0 Å². The third kappa shape index (κ3) is 2.37. The summed E-state index contributed by atoms with van der Waals surface area (Å²) in [7, 11) is 1.98. The summed E-state index contributed by atoms with van der Waals surface area (Å²) in [4.78, 5) is 13.4. The highest BCUT2D eigenvalue weighted by Crippen LogP contribution is 2.25. The number of nitrogens with zero attached hydrogens (tertiary/aromatic N) is 6. The van der Waals surface area contributed by atoms with Crippen molar-refractivity contribution >= 4 is 28.1 Å². The molecular weight excluding hydrogens is 326 g/mol. The molecule has 0 fully saturated rings. The van der Waals surface area contributed by atoms with Crippen LogP contribution in [0.2, 0.25) is 0 Å². The van der Waals surface area contributed by atoms with Crippen molar-refractivity contribution in [1.29, 1.82) is 0 Å². The van der Waals surface area contributed by atoms with Crippen molar-refractivity contribution in [2.45, 2.75) is 0 Å². The molecule has 1 aromatic carbocycles. The number of fused-ring (bicyclic) bond motifs is 2. The van der Waals surface area contributed by atoms with E-state index < -0.39 is 0 Å². The first kappa shape index (κ1) is 14.6. The molecule has 0 aliphatic heterocycles. The molecule has 0 saturated carbocycles. The number of hydrogen-bond donors (Lipinski definition) is 1. The van der Waals surface area contributed by atoms with Gasteiger partial charge in [0.05, 0.1) is 17.4 Å². The molecule has 0 aliphatic rings. The first-order valence-electron chi connectivity index (χ1n) is 8.23. The van der Waals surface area contributed by atoms with E-state index in [0.29, 0.717) is 5.82 Å². The van der Waals surface area contributed by atoms with E-state index in [0.717, 1.165) is 33.7 Å². The summed E-state index contributed by atoms with van der Waals surface area (Å²) >= 11 is 0. The van der Waals surface area contributed by atoms with Crippen LogP contribution in [-0.4, -0.2) is 29.1 Å². The van der Waals surface area contributed by atoms with Crippen molar-refractivity contribution < 1.29 is 0 Å². The average Bonchev–Trinajstić information content (AvgIpc) is 3.30. The molecular formula is C19H15N7. The van der Waals surface area contributed by atoms with Crippen LogP contribution >= 0.6 is 0 Å². The Morgan fingerprint density at radius 2 is 1.92 bits per heavy atom. The molecule has 0 aliphatic carbocycles. The Labute approximate surface area is 149 Å². The highest BCUT2D eigenvalue weighted by atomic mass is 15.3. The molecule has 0 bridgehead atoms. The molecule has 1 N–H and O–H groups in total. The number of anilines is 2. The molecule has 5 aromatic rings. The summed E-state index contributed by atoms with van der Waals surface area (Å²) in [5, 5.41) is 7.96. The fourth-order valence-corrected chi connectivity index (χ4v) is 2.97. The van der Waals surface area contributed by atoms with E-state index >= 15 is 0 Å². The van der Waals surface area contributed by atoms with Crippen molar-refractivity contribution in [2.24, 2.45) is 7.05 Å². The summed E-state index contributed by atoms with van der Waals surface area (Å²) < 4.78 is 3.80. The Balaban J connectivity index is 1.63. The molecule has 0 radical (unpaired) electrons. The van der Waals surface area contributed by atoms with Crippen molar-refractivity contribution in [3.63, 3.8) is 0 Å². The lowest BCUT2D eigenvalue weighted by molar-refractivity contribution is 0.910.